The molecule has 0 aliphatic carbocycles. The van der Waals surface area contributed by atoms with Crippen LogP contribution in [0.3, 0.4) is 0 Å². The van der Waals surface area contributed by atoms with Crippen molar-refractivity contribution in [1.29, 1.82) is 0 Å². The average Bonchev–Trinajstić information content (AvgIpc) is 2.89. The molecular weight excluding hydrogens is 282 g/mol. The molecule has 2 N–H and O–H groups in total. The van der Waals surface area contributed by atoms with Gasteiger partial charge in [-0.1, -0.05) is 6.07 Å². The first-order chi connectivity index (χ1) is 9.40. The van der Waals surface area contributed by atoms with Gasteiger partial charge in [0.05, 0.1) is 9.82 Å². The van der Waals surface area contributed by atoms with Gasteiger partial charge in [0.1, 0.15) is 0 Å². The van der Waals surface area contributed by atoms with E-state index in [9.17, 15) is 18.5 Å². The molecule has 8 heteroatoms. The van der Waals surface area contributed by atoms with E-state index in [1.54, 1.807) is 6.92 Å². The Hall–Kier alpha value is -1.51. The molecule has 1 atom stereocenters. The van der Waals surface area contributed by atoms with Crippen LogP contribution in [0.4, 0.5) is 5.69 Å². The number of aryl methyl sites for hydroxylation is 1. The smallest absolute Gasteiger partial charge is 0.273 e. The fraction of sp³-hybridized carbons (Fsp3) is 0.500. The molecule has 2 rings (SSSR count). The summed E-state index contributed by atoms with van der Waals surface area (Å²) in [6, 6.07) is 3.94. The Labute approximate surface area is 117 Å². The number of nitrogens with one attached hydrogen (secondary N) is 2. The minimum Gasteiger partial charge on any atom is -0.316 e. The van der Waals surface area contributed by atoms with E-state index in [2.05, 4.69) is 10.0 Å². The molecule has 1 aliphatic heterocycles. The Morgan fingerprint density at radius 1 is 1.50 bits per heavy atom. The molecule has 0 bridgehead atoms. The van der Waals surface area contributed by atoms with Crippen LogP contribution in [0.1, 0.15) is 12.0 Å². The molecule has 110 valence electrons. The van der Waals surface area contributed by atoms with Crippen LogP contribution in [0, 0.1) is 23.0 Å². The van der Waals surface area contributed by atoms with Gasteiger partial charge in [-0.05, 0) is 38.4 Å². The van der Waals surface area contributed by atoms with Crippen molar-refractivity contribution in [2.75, 3.05) is 19.6 Å². The highest BCUT2D eigenvalue weighted by Crippen LogP contribution is 2.22. The van der Waals surface area contributed by atoms with Crippen LogP contribution in [0.15, 0.2) is 23.1 Å². The van der Waals surface area contributed by atoms with Crippen molar-refractivity contribution < 1.29 is 13.3 Å². The average molecular weight is 299 g/mol. The Morgan fingerprint density at radius 2 is 2.25 bits per heavy atom. The van der Waals surface area contributed by atoms with Crippen molar-refractivity contribution in [2.24, 2.45) is 5.92 Å². The summed E-state index contributed by atoms with van der Waals surface area (Å²) in [5.74, 6) is 0.269. The third-order valence-corrected chi connectivity index (χ3v) is 4.83. The first kappa shape index (κ1) is 14.9. The summed E-state index contributed by atoms with van der Waals surface area (Å²) >= 11 is 0. The SMILES string of the molecule is Cc1ccc(S(=O)(=O)NCC2CCNC2)cc1[N+](=O)[O-]. The predicted molar refractivity (Wildman–Crippen MR) is 74.0 cm³/mol. The van der Waals surface area contributed by atoms with Crippen LogP contribution >= 0.6 is 0 Å². The Balaban J connectivity index is 2.16. The zero-order valence-electron chi connectivity index (χ0n) is 11.1. The Kier molecular flexibility index (Phi) is 4.36. The molecule has 0 saturated carbocycles. The van der Waals surface area contributed by atoms with Crippen LogP contribution in [0.5, 0.6) is 0 Å². The van der Waals surface area contributed by atoms with Crippen molar-refractivity contribution in [1.82, 2.24) is 10.0 Å². The number of hydrogen-bond acceptors (Lipinski definition) is 5. The van der Waals surface area contributed by atoms with Gasteiger partial charge in [-0.2, -0.15) is 0 Å². The Morgan fingerprint density at radius 3 is 2.85 bits per heavy atom. The molecule has 1 heterocycles. The number of sulfonamides is 1. The second-order valence-corrected chi connectivity index (χ2v) is 6.68. The van der Waals surface area contributed by atoms with E-state index < -0.39 is 14.9 Å². The van der Waals surface area contributed by atoms with Gasteiger partial charge in [0, 0.05) is 18.2 Å². The molecule has 1 aliphatic rings. The predicted octanol–water partition coefficient (Wildman–Crippen LogP) is 0.791. The van der Waals surface area contributed by atoms with Crippen LogP contribution in [0.25, 0.3) is 0 Å². The van der Waals surface area contributed by atoms with E-state index in [-0.39, 0.29) is 16.5 Å². The number of rotatable bonds is 5. The number of nitro benzene ring substituents is 1. The molecule has 0 amide bonds. The standard InChI is InChI=1S/C12H17N3O4S/c1-9-2-3-11(6-12(9)15(16)17)20(18,19)14-8-10-4-5-13-7-10/h2-3,6,10,13-14H,4-5,7-8H2,1H3. The summed E-state index contributed by atoms with van der Waals surface area (Å²) in [5, 5.41) is 14.0. The molecule has 0 radical (unpaired) electrons. The molecule has 1 aromatic carbocycles. The summed E-state index contributed by atoms with van der Waals surface area (Å²) in [4.78, 5) is 10.2. The van der Waals surface area contributed by atoms with Gasteiger partial charge in [0.2, 0.25) is 10.0 Å². The molecular formula is C12H17N3O4S. The minimum atomic E-state index is -3.70. The monoisotopic (exact) mass is 299 g/mol. The molecule has 0 aromatic heterocycles. The molecule has 1 fully saturated rings. The van der Waals surface area contributed by atoms with Crippen LogP contribution in [-0.2, 0) is 10.0 Å². The molecule has 0 spiro atoms. The number of hydrogen-bond donors (Lipinski definition) is 2. The maximum Gasteiger partial charge on any atom is 0.273 e. The summed E-state index contributed by atoms with van der Waals surface area (Å²) in [6.45, 7) is 3.60. The molecule has 1 saturated heterocycles. The van der Waals surface area contributed by atoms with Gasteiger partial charge in [-0.3, -0.25) is 10.1 Å². The van der Waals surface area contributed by atoms with E-state index in [1.807, 2.05) is 0 Å². The largest absolute Gasteiger partial charge is 0.316 e. The van der Waals surface area contributed by atoms with Crippen molar-refractivity contribution in [3.05, 3.63) is 33.9 Å². The maximum atomic E-state index is 12.1. The summed E-state index contributed by atoms with van der Waals surface area (Å²) in [7, 11) is -3.70. The summed E-state index contributed by atoms with van der Waals surface area (Å²) in [6.07, 6.45) is 0.927. The Bertz CT molecular complexity index is 609. The lowest BCUT2D eigenvalue weighted by molar-refractivity contribution is -0.385. The van der Waals surface area contributed by atoms with Gasteiger partial charge >= 0.3 is 0 Å². The van der Waals surface area contributed by atoms with Gasteiger partial charge < -0.3 is 5.32 Å². The fourth-order valence-electron chi connectivity index (χ4n) is 2.15. The maximum absolute atomic E-state index is 12.1. The van der Waals surface area contributed by atoms with Crippen molar-refractivity contribution >= 4 is 15.7 Å². The van der Waals surface area contributed by atoms with Crippen molar-refractivity contribution in [2.45, 2.75) is 18.2 Å². The summed E-state index contributed by atoms with van der Waals surface area (Å²) in [5.41, 5.74) is 0.254. The van der Waals surface area contributed by atoms with Crippen LogP contribution in [-0.4, -0.2) is 33.0 Å². The topological polar surface area (TPSA) is 101 Å². The van der Waals surface area contributed by atoms with Gasteiger partial charge in [-0.25, -0.2) is 13.1 Å². The second-order valence-electron chi connectivity index (χ2n) is 4.92. The highest BCUT2D eigenvalue weighted by atomic mass is 32.2. The summed E-state index contributed by atoms with van der Waals surface area (Å²) < 4.78 is 26.8. The van der Waals surface area contributed by atoms with E-state index in [0.717, 1.165) is 25.6 Å². The van der Waals surface area contributed by atoms with E-state index >= 15 is 0 Å². The highest BCUT2D eigenvalue weighted by molar-refractivity contribution is 7.89. The zero-order valence-corrected chi connectivity index (χ0v) is 11.9. The fourth-order valence-corrected chi connectivity index (χ4v) is 3.29. The van der Waals surface area contributed by atoms with E-state index in [1.165, 1.54) is 12.1 Å². The lowest BCUT2D eigenvalue weighted by atomic mass is 10.1. The van der Waals surface area contributed by atoms with Crippen molar-refractivity contribution in [3.63, 3.8) is 0 Å². The quantitative estimate of drug-likeness (QED) is 0.618. The molecule has 1 unspecified atom stereocenters. The van der Waals surface area contributed by atoms with Crippen molar-refractivity contribution in [3.8, 4) is 0 Å². The van der Waals surface area contributed by atoms with Gasteiger partial charge in [-0.15, -0.1) is 0 Å². The number of nitrogens with zero attached hydrogens (tertiary/aromatic N) is 1. The second kappa shape index (κ2) is 5.86. The first-order valence-corrected chi connectivity index (χ1v) is 7.84. The highest BCUT2D eigenvalue weighted by Gasteiger charge is 2.22. The zero-order chi connectivity index (χ0) is 14.8. The molecule has 20 heavy (non-hydrogen) atoms. The van der Waals surface area contributed by atoms with Gasteiger partial charge in [0.25, 0.3) is 5.69 Å². The first-order valence-electron chi connectivity index (χ1n) is 6.35. The number of benzene rings is 1. The molecule has 7 nitrogen and oxygen atoms in total. The van der Waals surface area contributed by atoms with Crippen LogP contribution in [0.2, 0.25) is 0 Å². The molecule has 1 aromatic rings. The normalized spacial score (nSPS) is 19.1. The van der Waals surface area contributed by atoms with Gasteiger partial charge in [0.15, 0.2) is 0 Å². The lowest BCUT2D eigenvalue weighted by Crippen LogP contribution is -2.30. The lowest BCUT2D eigenvalue weighted by Gasteiger charge is -2.11. The third-order valence-electron chi connectivity index (χ3n) is 3.41. The number of nitro groups is 1. The van der Waals surface area contributed by atoms with E-state index in [0.29, 0.717) is 12.1 Å². The van der Waals surface area contributed by atoms with Crippen LogP contribution < -0.4 is 10.0 Å². The van der Waals surface area contributed by atoms with E-state index in [4.69, 9.17) is 0 Å². The minimum absolute atomic E-state index is 0.0687. The third kappa shape index (κ3) is 3.33.